The molecule has 1 aliphatic heterocycles. The van der Waals surface area contributed by atoms with Crippen molar-refractivity contribution >= 4 is 5.69 Å². The first-order chi connectivity index (χ1) is 6.74. The van der Waals surface area contributed by atoms with Gasteiger partial charge >= 0.3 is 0 Å². The molecule has 1 aromatic rings. The number of hydrogen-bond acceptors (Lipinski definition) is 3. The highest BCUT2D eigenvalue weighted by atomic mass is 15.3. The van der Waals surface area contributed by atoms with E-state index in [1.54, 1.807) is 0 Å². The second-order valence-electron chi connectivity index (χ2n) is 4.19. The van der Waals surface area contributed by atoms with Gasteiger partial charge < -0.3 is 10.2 Å². The Morgan fingerprint density at radius 1 is 1.57 bits per heavy atom. The molecule has 14 heavy (non-hydrogen) atoms. The molecule has 0 atom stereocenters. The van der Waals surface area contributed by atoms with Crippen molar-refractivity contribution in [3.05, 3.63) is 12.4 Å². The Hall–Kier alpha value is -1.03. The molecular formula is C10H18N4. The maximum atomic E-state index is 4.10. The van der Waals surface area contributed by atoms with Gasteiger partial charge in [-0.15, -0.1) is 0 Å². The van der Waals surface area contributed by atoms with Crippen LogP contribution in [0, 0.1) is 5.92 Å². The van der Waals surface area contributed by atoms with E-state index in [-0.39, 0.29) is 0 Å². The molecule has 1 aliphatic rings. The van der Waals surface area contributed by atoms with Gasteiger partial charge in [-0.3, -0.25) is 4.68 Å². The summed E-state index contributed by atoms with van der Waals surface area (Å²) < 4.78 is 1.81. The predicted octanol–water partition coefficient (Wildman–Crippen LogP) is 0.784. The third-order valence-corrected chi connectivity index (χ3v) is 2.60. The van der Waals surface area contributed by atoms with E-state index < -0.39 is 0 Å². The van der Waals surface area contributed by atoms with Gasteiger partial charge in [0.25, 0.3) is 0 Å². The first-order valence-electron chi connectivity index (χ1n) is 5.19. The predicted molar refractivity (Wildman–Crippen MR) is 57.3 cm³/mol. The summed E-state index contributed by atoms with van der Waals surface area (Å²) in [6, 6.07) is 0. The summed E-state index contributed by atoms with van der Waals surface area (Å²) in [6.45, 7) is 6.96. The van der Waals surface area contributed by atoms with Crippen LogP contribution in [0.3, 0.4) is 0 Å². The first kappa shape index (κ1) is 9.52. The molecule has 2 heterocycles. The molecular weight excluding hydrogens is 176 g/mol. The van der Waals surface area contributed by atoms with Crippen LogP contribution in [0.4, 0.5) is 5.69 Å². The highest BCUT2D eigenvalue weighted by Crippen LogP contribution is 2.13. The Bertz CT molecular complexity index is 288. The molecule has 2 rings (SSSR count). The third kappa shape index (κ3) is 2.26. The number of nitrogens with zero attached hydrogens (tertiary/aromatic N) is 3. The van der Waals surface area contributed by atoms with Gasteiger partial charge in [-0.05, 0) is 5.92 Å². The smallest absolute Gasteiger partial charge is 0.0726 e. The number of anilines is 1. The maximum absolute atomic E-state index is 4.10. The van der Waals surface area contributed by atoms with Crippen LogP contribution < -0.4 is 5.32 Å². The summed E-state index contributed by atoms with van der Waals surface area (Å²) in [7, 11) is 1.93. The van der Waals surface area contributed by atoms with E-state index in [1.165, 1.54) is 13.1 Å². The van der Waals surface area contributed by atoms with Gasteiger partial charge in [-0.1, -0.05) is 6.92 Å². The van der Waals surface area contributed by atoms with Crippen molar-refractivity contribution in [2.24, 2.45) is 13.0 Å². The van der Waals surface area contributed by atoms with E-state index in [0.29, 0.717) is 0 Å². The van der Waals surface area contributed by atoms with Gasteiger partial charge in [0.2, 0.25) is 0 Å². The number of likely N-dealkylation sites (tertiary alicyclic amines) is 1. The SMILES string of the molecule is CC1CN(CCNc2cnn(C)c2)C1. The standard InChI is InChI=1S/C10H18N4/c1-9-6-14(7-9)4-3-11-10-5-12-13(2)8-10/h5,8-9,11H,3-4,6-7H2,1-2H3. The minimum Gasteiger partial charge on any atom is -0.381 e. The molecule has 0 bridgehead atoms. The minimum absolute atomic E-state index is 0.897. The Morgan fingerprint density at radius 3 is 2.93 bits per heavy atom. The molecule has 0 spiro atoms. The molecule has 0 saturated carbocycles. The fourth-order valence-corrected chi connectivity index (χ4v) is 1.88. The molecule has 0 radical (unpaired) electrons. The summed E-state index contributed by atoms with van der Waals surface area (Å²) in [6.07, 6.45) is 3.86. The number of hydrogen-bond donors (Lipinski definition) is 1. The lowest BCUT2D eigenvalue weighted by Gasteiger charge is -2.37. The molecule has 78 valence electrons. The molecule has 0 aromatic carbocycles. The van der Waals surface area contributed by atoms with E-state index >= 15 is 0 Å². The van der Waals surface area contributed by atoms with Crippen molar-refractivity contribution in [1.82, 2.24) is 14.7 Å². The minimum atomic E-state index is 0.897. The second kappa shape index (κ2) is 4.00. The lowest BCUT2D eigenvalue weighted by atomic mass is 10.0. The van der Waals surface area contributed by atoms with Crippen molar-refractivity contribution in [2.75, 3.05) is 31.5 Å². The van der Waals surface area contributed by atoms with Crippen LogP contribution in [0.5, 0.6) is 0 Å². The first-order valence-corrected chi connectivity index (χ1v) is 5.19. The number of aromatic nitrogens is 2. The van der Waals surface area contributed by atoms with Crippen LogP contribution in [0.2, 0.25) is 0 Å². The molecule has 1 N–H and O–H groups in total. The third-order valence-electron chi connectivity index (χ3n) is 2.60. The summed E-state index contributed by atoms with van der Waals surface area (Å²) in [5.41, 5.74) is 1.11. The van der Waals surface area contributed by atoms with Crippen LogP contribution in [0.15, 0.2) is 12.4 Å². The van der Waals surface area contributed by atoms with E-state index in [1.807, 2.05) is 24.1 Å². The second-order valence-corrected chi connectivity index (χ2v) is 4.19. The summed E-state index contributed by atoms with van der Waals surface area (Å²) >= 11 is 0. The monoisotopic (exact) mass is 194 g/mol. The normalized spacial score (nSPS) is 18.1. The highest BCUT2D eigenvalue weighted by molar-refractivity contribution is 5.37. The molecule has 4 heteroatoms. The van der Waals surface area contributed by atoms with Crippen LogP contribution in [0.1, 0.15) is 6.92 Å². The molecule has 1 fully saturated rings. The van der Waals surface area contributed by atoms with E-state index in [2.05, 4.69) is 22.2 Å². The molecule has 0 amide bonds. The Labute approximate surface area is 84.9 Å². The Balaban J connectivity index is 1.63. The van der Waals surface area contributed by atoms with Crippen molar-refractivity contribution in [2.45, 2.75) is 6.92 Å². The van der Waals surface area contributed by atoms with Gasteiger partial charge in [0.05, 0.1) is 11.9 Å². The number of aryl methyl sites for hydroxylation is 1. The topological polar surface area (TPSA) is 33.1 Å². The van der Waals surface area contributed by atoms with Gasteiger partial charge in [0, 0.05) is 39.4 Å². The molecule has 4 nitrogen and oxygen atoms in total. The fourth-order valence-electron chi connectivity index (χ4n) is 1.88. The molecule has 1 saturated heterocycles. The van der Waals surface area contributed by atoms with Crippen molar-refractivity contribution < 1.29 is 0 Å². The van der Waals surface area contributed by atoms with Gasteiger partial charge in [-0.2, -0.15) is 5.10 Å². The van der Waals surface area contributed by atoms with Crippen LogP contribution >= 0.6 is 0 Å². The summed E-state index contributed by atoms with van der Waals surface area (Å²) in [5.74, 6) is 0.897. The zero-order valence-corrected chi connectivity index (χ0v) is 8.90. The van der Waals surface area contributed by atoms with Gasteiger partial charge in [0.15, 0.2) is 0 Å². The lowest BCUT2D eigenvalue weighted by Crippen LogP contribution is -2.46. The van der Waals surface area contributed by atoms with Crippen molar-refractivity contribution in [3.8, 4) is 0 Å². The molecule has 0 aliphatic carbocycles. The molecule has 0 unspecified atom stereocenters. The van der Waals surface area contributed by atoms with Crippen molar-refractivity contribution in [3.63, 3.8) is 0 Å². The van der Waals surface area contributed by atoms with Crippen LogP contribution in [-0.4, -0.2) is 40.9 Å². The van der Waals surface area contributed by atoms with Crippen molar-refractivity contribution in [1.29, 1.82) is 0 Å². The summed E-state index contributed by atoms with van der Waals surface area (Å²) in [4.78, 5) is 2.47. The Morgan fingerprint density at radius 2 is 2.36 bits per heavy atom. The average Bonchev–Trinajstić information content (AvgIpc) is 2.48. The van der Waals surface area contributed by atoms with Crippen LogP contribution in [-0.2, 0) is 7.05 Å². The highest BCUT2D eigenvalue weighted by Gasteiger charge is 2.21. The van der Waals surface area contributed by atoms with E-state index in [9.17, 15) is 0 Å². The quantitative estimate of drug-likeness (QED) is 0.769. The number of nitrogens with one attached hydrogen (secondary N) is 1. The van der Waals surface area contributed by atoms with Gasteiger partial charge in [0.1, 0.15) is 0 Å². The zero-order chi connectivity index (χ0) is 9.97. The van der Waals surface area contributed by atoms with Crippen LogP contribution in [0.25, 0.3) is 0 Å². The average molecular weight is 194 g/mol. The fraction of sp³-hybridized carbons (Fsp3) is 0.700. The maximum Gasteiger partial charge on any atom is 0.0726 e. The Kier molecular flexibility index (Phi) is 2.72. The van der Waals surface area contributed by atoms with E-state index in [4.69, 9.17) is 0 Å². The van der Waals surface area contributed by atoms with E-state index in [0.717, 1.165) is 24.7 Å². The lowest BCUT2D eigenvalue weighted by molar-refractivity contribution is 0.119. The van der Waals surface area contributed by atoms with Gasteiger partial charge in [-0.25, -0.2) is 0 Å². The summed E-state index contributed by atoms with van der Waals surface area (Å²) in [5, 5.41) is 7.46. The number of rotatable bonds is 4. The zero-order valence-electron chi connectivity index (χ0n) is 8.90. The molecule has 1 aromatic heterocycles. The largest absolute Gasteiger partial charge is 0.381 e.